The normalized spacial score (nSPS) is 16.9. The van der Waals surface area contributed by atoms with Crippen LogP contribution in [0.2, 0.25) is 0 Å². The molecule has 80 valence electrons. The van der Waals surface area contributed by atoms with E-state index in [1.54, 1.807) is 4.90 Å². The van der Waals surface area contributed by atoms with Crippen molar-refractivity contribution in [1.29, 1.82) is 0 Å². The molecule has 0 saturated carbocycles. The molecule has 1 heterocycles. The topological polar surface area (TPSA) is 29.5 Å². The molecule has 1 aliphatic rings. The molecule has 0 radical (unpaired) electrons. The first-order chi connectivity index (χ1) is 7.16. The van der Waals surface area contributed by atoms with Crippen molar-refractivity contribution in [2.45, 2.75) is 6.92 Å². The lowest BCUT2D eigenvalue weighted by Crippen LogP contribution is -2.41. The molecular weight excluding hydrogens is 258 g/mol. The van der Waals surface area contributed by atoms with Crippen molar-refractivity contribution in [1.82, 2.24) is 0 Å². The summed E-state index contributed by atoms with van der Waals surface area (Å²) in [6.45, 7) is 3.44. The van der Waals surface area contributed by atoms with Gasteiger partial charge >= 0.3 is 0 Å². The Labute approximate surface area is 97.2 Å². The number of rotatable bonds is 1. The van der Waals surface area contributed by atoms with Gasteiger partial charge in [0, 0.05) is 16.7 Å². The quantitative estimate of drug-likeness (QED) is 0.782. The van der Waals surface area contributed by atoms with Crippen LogP contribution in [-0.4, -0.2) is 25.7 Å². The molecule has 15 heavy (non-hydrogen) atoms. The van der Waals surface area contributed by atoms with E-state index < -0.39 is 0 Å². The minimum absolute atomic E-state index is 0.0266. The van der Waals surface area contributed by atoms with Crippen molar-refractivity contribution in [2.75, 3.05) is 24.7 Å². The Morgan fingerprint density at radius 2 is 2.20 bits per heavy atom. The maximum atomic E-state index is 11.6. The molecular formula is C11H12BrNO2. The first-order valence-electron chi connectivity index (χ1n) is 4.82. The predicted molar refractivity (Wildman–Crippen MR) is 62.1 cm³/mol. The Kier molecular flexibility index (Phi) is 3.07. The van der Waals surface area contributed by atoms with Crippen molar-refractivity contribution in [3.8, 4) is 0 Å². The van der Waals surface area contributed by atoms with Crippen LogP contribution in [0.1, 0.15) is 5.56 Å². The van der Waals surface area contributed by atoms with Crippen molar-refractivity contribution < 1.29 is 9.53 Å². The van der Waals surface area contributed by atoms with Gasteiger partial charge in [-0.1, -0.05) is 15.9 Å². The summed E-state index contributed by atoms with van der Waals surface area (Å²) in [5, 5.41) is 0. The molecule has 2 rings (SSSR count). The maximum Gasteiger partial charge on any atom is 0.253 e. The van der Waals surface area contributed by atoms with Gasteiger partial charge in [-0.3, -0.25) is 4.79 Å². The van der Waals surface area contributed by atoms with Crippen LogP contribution in [0.5, 0.6) is 0 Å². The zero-order valence-electron chi connectivity index (χ0n) is 8.50. The Morgan fingerprint density at radius 3 is 2.87 bits per heavy atom. The molecule has 1 saturated heterocycles. The molecule has 0 aliphatic carbocycles. The maximum absolute atomic E-state index is 11.6. The van der Waals surface area contributed by atoms with Gasteiger partial charge in [-0.15, -0.1) is 0 Å². The molecule has 0 spiro atoms. The van der Waals surface area contributed by atoms with E-state index in [9.17, 15) is 4.79 Å². The number of hydrogen-bond donors (Lipinski definition) is 0. The van der Waals surface area contributed by atoms with Crippen LogP contribution in [0.4, 0.5) is 5.69 Å². The van der Waals surface area contributed by atoms with Gasteiger partial charge in [0.25, 0.3) is 5.91 Å². The Bertz CT molecular complexity index is 372. The molecule has 1 fully saturated rings. The van der Waals surface area contributed by atoms with Gasteiger partial charge in [0.15, 0.2) is 0 Å². The lowest BCUT2D eigenvalue weighted by molar-refractivity contribution is -0.125. The van der Waals surface area contributed by atoms with E-state index in [1.165, 1.54) is 0 Å². The zero-order chi connectivity index (χ0) is 10.8. The number of ether oxygens (including phenoxy) is 1. The highest BCUT2D eigenvalue weighted by molar-refractivity contribution is 9.10. The molecule has 0 N–H and O–H groups in total. The molecule has 1 aromatic carbocycles. The second-order valence-corrected chi connectivity index (χ2v) is 4.50. The van der Waals surface area contributed by atoms with Gasteiger partial charge in [-0.25, -0.2) is 0 Å². The van der Waals surface area contributed by atoms with Crippen molar-refractivity contribution in [2.24, 2.45) is 0 Å². The van der Waals surface area contributed by atoms with Crippen LogP contribution < -0.4 is 4.90 Å². The van der Waals surface area contributed by atoms with Crippen LogP contribution in [0.15, 0.2) is 22.7 Å². The SMILES string of the molecule is Cc1cc(Br)cc(N2CCOCC2=O)c1. The summed E-state index contributed by atoms with van der Waals surface area (Å²) >= 11 is 3.43. The monoisotopic (exact) mass is 269 g/mol. The number of anilines is 1. The Morgan fingerprint density at radius 1 is 1.40 bits per heavy atom. The fourth-order valence-corrected chi connectivity index (χ4v) is 2.26. The summed E-state index contributed by atoms with van der Waals surface area (Å²) in [7, 11) is 0. The van der Waals surface area contributed by atoms with E-state index in [1.807, 2.05) is 25.1 Å². The molecule has 1 aromatic rings. The van der Waals surface area contributed by atoms with Gasteiger partial charge in [0.1, 0.15) is 6.61 Å². The van der Waals surface area contributed by atoms with Gasteiger partial charge in [-0.2, -0.15) is 0 Å². The fraction of sp³-hybridized carbons (Fsp3) is 0.364. The van der Waals surface area contributed by atoms with E-state index in [0.717, 1.165) is 15.7 Å². The van der Waals surface area contributed by atoms with E-state index in [4.69, 9.17) is 4.74 Å². The second-order valence-electron chi connectivity index (χ2n) is 3.58. The predicted octanol–water partition coefficient (Wildman–Crippen LogP) is 2.12. The van der Waals surface area contributed by atoms with E-state index in [0.29, 0.717) is 13.2 Å². The molecule has 0 aromatic heterocycles. The minimum atomic E-state index is 0.0266. The largest absolute Gasteiger partial charge is 0.370 e. The third-order valence-electron chi connectivity index (χ3n) is 2.32. The molecule has 3 nitrogen and oxygen atoms in total. The van der Waals surface area contributed by atoms with Crippen LogP contribution in [-0.2, 0) is 9.53 Å². The lowest BCUT2D eigenvalue weighted by atomic mass is 10.2. The third-order valence-corrected chi connectivity index (χ3v) is 2.78. The average molecular weight is 270 g/mol. The summed E-state index contributed by atoms with van der Waals surface area (Å²) in [5.41, 5.74) is 2.08. The molecule has 0 bridgehead atoms. The number of carbonyl (C=O) groups is 1. The summed E-state index contributed by atoms with van der Waals surface area (Å²) in [5.74, 6) is 0.0266. The van der Waals surface area contributed by atoms with Crippen molar-refractivity contribution >= 4 is 27.5 Å². The zero-order valence-corrected chi connectivity index (χ0v) is 10.1. The highest BCUT2D eigenvalue weighted by atomic mass is 79.9. The molecule has 0 unspecified atom stereocenters. The number of morpholine rings is 1. The number of aryl methyl sites for hydroxylation is 1. The standard InChI is InChI=1S/C11H12BrNO2/c1-8-4-9(12)6-10(5-8)13-2-3-15-7-11(13)14/h4-6H,2-3,7H2,1H3. The smallest absolute Gasteiger partial charge is 0.253 e. The lowest BCUT2D eigenvalue weighted by Gasteiger charge is -2.27. The first-order valence-corrected chi connectivity index (χ1v) is 5.61. The number of halogens is 1. The number of hydrogen-bond acceptors (Lipinski definition) is 2. The number of benzene rings is 1. The van der Waals surface area contributed by atoms with E-state index in [2.05, 4.69) is 15.9 Å². The van der Waals surface area contributed by atoms with Crippen LogP contribution in [0, 0.1) is 6.92 Å². The van der Waals surface area contributed by atoms with Crippen LogP contribution in [0.25, 0.3) is 0 Å². The van der Waals surface area contributed by atoms with E-state index >= 15 is 0 Å². The first kappa shape index (κ1) is 10.6. The summed E-state index contributed by atoms with van der Waals surface area (Å²) in [6, 6.07) is 5.98. The Balaban J connectivity index is 2.31. The summed E-state index contributed by atoms with van der Waals surface area (Å²) in [6.07, 6.45) is 0. The van der Waals surface area contributed by atoms with Crippen molar-refractivity contribution in [3.05, 3.63) is 28.2 Å². The number of amides is 1. The van der Waals surface area contributed by atoms with Gasteiger partial charge in [0.2, 0.25) is 0 Å². The summed E-state index contributed by atoms with van der Waals surface area (Å²) < 4.78 is 6.09. The Hall–Kier alpha value is -0.870. The average Bonchev–Trinajstić information content (AvgIpc) is 2.16. The van der Waals surface area contributed by atoms with Crippen LogP contribution >= 0.6 is 15.9 Å². The fourth-order valence-electron chi connectivity index (χ4n) is 1.66. The van der Waals surface area contributed by atoms with Gasteiger partial charge in [0.05, 0.1) is 6.61 Å². The highest BCUT2D eigenvalue weighted by Crippen LogP contribution is 2.23. The van der Waals surface area contributed by atoms with Crippen LogP contribution in [0.3, 0.4) is 0 Å². The second kappa shape index (κ2) is 4.33. The van der Waals surface area contributed by atoms with Gasteiger partial charge < -0.3 is 9.64 Å². The van der Waals surface area contributed by atoms with Crippen molar-refractivity contribution in [3.63, 3.8) is 0 Å². The molecule has 4 heteroatoms. The molecule has 0 atom stereocenters. The summed E-state index contributed by atoms with van der Waals surface area (Å²) in [4.78, 5) is 13.4. The molecule has 1 amide bonds. The van der Waals surface area contributed by atoms with E-state index in [-0.39, 0.29) is 12.5 Å². The number of nitrogens with zero attached hydrogens (tertiary/aromatic N) is 1. The third kappa shape index (κ3) is 2.38. The number of carbonyl (C=O) groups excluding carboxylic acids is 1. The molecule has 1 aliphatic heterocycles. The minimum Gasteiger partial charge on any atom is -0.370 e. The van der Waals surface area contributed by atoms with Gasteiger partial charge in [-0.05, 0) is 30.7 Å². The highest BCUT2D eigenvalue weighted by Gasteiger charge is 2.20.